The molecule has 0 unspecified atom stereocenters. The third-order valence-corrected chi connectivity index (χ3v) is 3.24. The minimum atomic E-state index is 0.600. The van der Waals surface area contributed by atoms with E-state index in [1.54, 1.807) is 0 Å². The van der Waals surface area contributed by atoms with E-state index in [1.165, 1.54) is 16.6 Å². The molecule has 0 aliphatic carbocycles. The first-order valence-corrected chi connectivity index (χ1v) is 6.33. The molecule has 3 rings (SSSR count). The number of benzene rings is 2. The summed E-state index contributed by atoms with van der Waals surface area (Å²) in [6.45, 7) is 1.46. The lowest BCUT2D eigenvalue weighted by Crippen LogP contribution is -2.32. The van der Waals surface area contributed by atoms with E-state index >= 15 is 0 Å². The Morgan fingerprint density at radius 3 is 2.53 bits per heavy atom. The van der Waals surface area contributed by atoms with Crippen molar-refractivity contribution >= 4 is 11.0 Å². The average Bonchev–Trinajstić information content (AvgIpc) is 2.79. The maximum atomic E-state index is 5.43. The van der Waals surface area contributed by atoms with Crippen LogP contribution in [0.5, 0.6) is 0 Å². The minimum Gasteiger partial charge on any atom is -0.226 e. The second kappa shape index (κ2) is 4.99. The van der Waals surface area contributed by atoms with Crippen LogP contribution in [0, 0.1) is 12.3 Å². The fraction of sp³-hybridized carbons (Fsp3) is 0.118. The summed E-state index contributed by atoms with van der Waals surface area (Å²) in [5.74, 6) is 2.70. The summed E-state index contributed by atoms with van der Waals surface area (Å²) in [6, 6.07) is 18.8. The van der Waals surface area contributed by atoms with Gasteiger partial charge < -0.3 is 0 Å². The standard InChI is InChI=1S/C17H15N2/c1-2-12-18-14-19(13-15-8-4-3-5-9-15)17-11-7-6-10-16(17)18/h1,3-11,14H,12-13H2/q+1. The zero-order valence-corrected chi connectivity index (χ0v) is 10.7. The monoisotopic (exact) mass is 247 g/mol. The quantitative estimate of drug-likeness (QED) is 0.497. The van der Waals surface area contributed by atoms with Gasteiger partial charge in [-0.25, -0.2) is 9.13 Å². The van der Waals surface area contributed by atoms with E-state index in [-0.39, 0.29) is 0 Å². The fourth-order valence-electron chi connectivity index (χ4n) is 2.37. The Morgan fingerprint density at radius 1 is 1.00 bits per heavy atom. The van der Waals surface area contributed by atoms with Gasteiger partial charge in [0.15, 0.2) is 17.6 Å². The van der Waals surface area contributed by atoms with Crippen LogP contribution in [0.15, 0.2) is 60.9 Å². The Kier molecular flexibility index (Phi) is 3.04. The fourth-order valence-corrected chi connectivity index (χ4v) is 2.37. The highest BCUT2D eigenvalue weighted by Crippen LogP contribution is 2.11. The molecule has 0 fully saturated rings. The van der Waals surface area contributed by atoms with E-state index in [0.717, 1.165) is 6.54 Å². The van der Waals surface area contributed by atoms with Crippen LogP contribution in [-0.2, 0) is 13.1 Å². The second-order valence-corrected chi connectivity index (χ2v) is 4.55. The first-order chi connectivity index (χ1) is 9.38. The van der Waals surface area contributed by atoms with Gasteiger partial charge in [-0.15, -0.1) is 6.42 Å². The Morgan fingerprint density at radius 2 is 1.74 bits per heavy atom. The molecule has 2 nitrogen and oxygen atoms in total. The summed E-state index contributed by atoms with van der Waals surface area (Å²) >= 11 is 0. The minimum absolute atomic E-state index is 0.600. The smallest absolute Gasteiger partial charge is 0.226 e. The first-order valence-electron chi connectivity index (χ1n) is 6.33. The van der Waals surface area contributed by atoms with Gasteiger partial charge in [-0.1, -0.05) is 48.4 Å². The Bertz CT molecular complexity index is 733. The second-order valence-electron chi connectivity index (χ2n) is 4.55. The molecule has 0 aliphatic rings. The van der Waals surface area contributed by atoms with Gasteiger partial charge in [0.05, 0.1) is 0 Å². The summed E-state index contributed by atoms with van der Waals surface area (Å²) in [4.78, 5) is 0. The van der Waals surface area contributed by atoms with E-state index in [2.05, 4.69) is 63.8 Å². The van der Waals surface area contributed by atoms with Crippen LogP contribution < -0.4 is 4.57 Å². The van der Waals surface area contributed by atoms with E-state index in [4.69, 9.17) is 6.42 Å². The maximum absolute atomic E-state index is 5.43. The van der Waals surface area contributed by atoms with Crippen molar-refractivity contribution in [2.45, 2.75) is 13.1 Å². The molecule has 0 N–H and O–H groups in total. The SMILES string of the molecule is C#CCn1c[n+](Cc2ccccc2)c2ccccc21. The van der Waals surface area contributed by atoms with Crippen molar-refractivity contribution in [2.75, 3.05) is 0 Å². The van der Waals surface area contributed by atoms with E-state index in [1.807, 2.05) is 12.1 Å². The van der Waals surface area contributed by atoms with E-state index in [0.29, 0.717) is 6.54 Å². The maximum Gasteiger partial charge on any atom is 0.245 e. The highest BCUT2D eigenvalue weighted by atomic mass is 15.1. The number of fused-ring (bicyclic) bond motifs is 1. The van der Waals surface area contributed by atoms with E-state index < -0.39 is 0 Å². The average molecular weight is 247 g/mol. The van der Waals surface area contributed by atoms with Gasteiger partial charge in [-0.3, -0.25) is 0 Å². The van der Waals surface area contributed by atoms with Crippen molar-refractivity contribution in [3.05, 3.63) is 66.5 Å². The number of aromatic nitrogens is 2. The lowest BCUT2D eigenvalue weighted by Gasteiger charge is -1.97. The van der Waals surface area contributed by atoms with Crippen molar-refractivity contribution in [1.82, 2.24) is 4.57 Å². The highest BCUT2D eigenvalue weighted by Gasteiger charge is 2.14. The van der Waals surface area contributed by atoms with Crippen molar-refractivity contribution in [2.24, 2.45) is 0 Å². The molecular weight excluding hydrogens is 232 g/mol. The summed E-state index contributed by atoms with van der Waals surface area (Å²) in [6.07, 6.45) is 7.53. The molecule has 0 saturated carbocycles. The van der Waals surface area contributed by atoms with E-state index in [9.17, 15) is 0 Å². The molecule has 0 atom stereocenters. The predicted octanol–water partition coefficient (Wildman–Crippen LogP) is 2.61. The number of para-hydroxylation sites is 2. The van der Waals surface area contributed by atoms with Gasteiger partial charge >= 0.3 is 0 Å². The van der Waals surface area contributed by atoms with Gasteiger partial charge in [0.1, 0.15) is 6.54 Å². The predicted molar refractivity (Wildman–Crippen MR) is 76.5 cm³/mol. The van der Waals surface area contributed by atoms with Gasteiger partial charge in [0.25, 0.3) is 0 Å². The van der Waals surface area contributed by atoms with Crippen molar-refractivity contribution in [1.29, 1.82) is 0 Å². The van der Waals surface area contributed by atoms with Crippen molar-refractivity contribution < 1.29 is 4.57 Å². The van der Waals surface area contributed by atoms with Crippen LogP contribution >= 0.6 is 0 Å². The van der Waals surface area contributed by atoms with Crippen LogP contribution in [0.2, 0.25) is 0 Å². The molecule has 0 saturated heterocycles. The first kappa shape index (κ1) is 11.6. The summed E-state index contributed by atoms with van der Waals surface area (Å²) < 4.78 is 4.35. The van der Waals surface area contributed by atoms with Crippen LogP contribution in [0.25, 0.3) is 11.0 Å². The van der Waals surface area contributed by atoms with Crippen LogP contribution in [0.3, 0.4) is 0 Å². The van der Waals surface area contributed by atoms with Gasteiger partial charge in [-0.2, -0.15) is 0 Å². The summed E-state index contributed by atoms with van der Waals surface area (Å²) in [7, 11) is 0. The number of rotatable bonds is 3. The highest BCUT2D eigenvalue weighted by molar-refractivity contribution is 5.71. The number of hydrogen-bond donors (Lipinski definition) is 0. The Hall–Kier alpha value is -2.53. The summed E-state index contributed by atoms with van der Waals surface area (Å²) in [5.41, 5.74) is 3.68. The third kappa shape index (κ3) is 2.23. The summed E-state index contributed by atoms with van der Waals surface area (Å²) in [5, 5.41) is 0. The number of terminal acetylenes is 1. The number of imidazole rings is 1. The van der Waals surface area contributed by atoms with Crippen molar-refractivity contribution in [3.8, 4) is 12.3 Å². The molecule has 0 amide bonds. The molecular formula is C17H15N2+. The zero-order valence-electron chi connectivity index (χ0n) is 10.7. The number of hydrogen-bond acceptors (Lipinski definition) is 0. The normalized spacial score (nSPS) is 10.5. The number of nitrogens with zero attached hydrogens (tertiary/aromatic N) is 2. The van der Waals surface area contributed by atoms with Gasteiger partial charge in [0.2, 0.25) is 6.33 Å². The van der Waals surface area contributed by atoms with Crippen molar-refractivity contribution in [3.63, 3.8) is 0 Å². The molecule has 92 valence electrons. The van der Waals surface area contributed by atoms with Crippen LogP contribution in [0.1, 0.15) is 5.56 Å². The molecule has 0 spiro atoms. The molecule has 2 aromatic carbocycles. The molecule has 19 heavy (non-hydrogen) atoms. The lowest BCUT2D eigenvalue weighted by molar-refractivity contribution is -0.663. The molecule has 3 aromatic rings. The zero-order chi connectivity index (χ0) is 13.1. The van der Waals surface area contributed by atoms with Crippen LogP contribution in [0.4, 0.5) is 0 Å². The third-order valence-electron chi connectivity index (χ3n) is 3.24. The molecule has 0 radical (unpaired) electrons. The molecule has 1 heterocycles. The molecule has 0 bridgehead atoms. The van der Waals surface area contributed by atoms with Crippen LogP contribution in [-0.4, -0.2) is 4.57 Å². The Balaban J connectivity index is 2.07. The topological polar surface area (TPSA) is 8.81 Å². The molecule has 0 aliphatic heterocycles. The van der Waals surface area contributed by atoms with Gasteiger partial charge in [0, 0.05) is 0 Å². The Labute approximate surface area is 112 Å². The van der Waals surface area contributed by atoms with Gasteiger partial charge in [-0.05, 0) is 17.7 Å². The largest absolute Gasteiger partial charge is 0.245 e. The molecule has 1 aromatic heterocycles. The lowest BCUT2D eigenvalue weighted by atomic mass is 10.2. The molecule has 2 heteroatoms.